The van der Waals surface area contributed by atoms with Crippen molar-refractivity contribution in [2.24, 2.45) is 23.5 Å². The molecule has 1 amide bonds. The number of nitrogens with two attached hydrogens (primary N) is 3. The Labute approximate surface area is 231 Å². The highest BCUT2D eigenvalue weighted by atomic mass is 19.1. The summed E-state index contributed by atoms with van der Waals surface area (Å²) in [5, 5.41) is 7.34. The van der Waals surface area contributed by atoms with Crippen molar-refractivity contribution in [3.05, 3.63) is 89.3 Å². The van der Waals surface area contributed by atoms with E-state index in [1.54, 1.807) is 19.3 Å². The zero-order chi connectivity index (χ0) is 28.6. The number of benzene rings is 2. The molecule has 4 aromatic rings. The Hall–Kier alpha value is -4.51. The van der Waals surface area contributed by atoms with Gasteiger partial charge in [0.25, 0.3) is 5.91 Å². The molecule has 8 N–H and O–H groups in total. The van der Waals surface area contributed by atoms with Crippen LogP contribution < -0.4 is 22.5 Å². The van der Waals surface area contributed by atoms with Crippen LogP contribution in [-0.4, -0.2) is 32.7 Å². The molecule has 2 aliphatic rings. The summed E-state index contributed by atoms with van der Waals surface area (Å²) < 4.78 is 28.9. The predicted octanol–water partition coefficient (Wildman–Crippen LogP) is 4.56. The fourth-order valence-corrected chi connectivity index (χ4v) is 4.53. The second kappa shape index (κ2) is 13.0. The number of primary amides is 1. The molecule has 1 aliphatic heterocycles. The van der Waals surface area contributed by atoms with Gasteiger partial charge in [0.15, 0.2) is 0 Å². The van der Waals surface area contributed by atoms with Gasteiger partial charge in [-0.05, 0) is 17.7 Å². The molecule has 1 aliphatic carbocycles. The molecule has 2 aromatic carbocycles. The van der Waals surface area contributed by atoms with Gasteiger partial charge < -0.3 is 27.5 Å². The van der Waals surface area contributed by atoms with E-state index in [0.717, 1.165) is 17.3 Å². The number of anilines is 1. The summed E-state index contributed by atoms with van der Waals surface area (Å²) >= 11 is 0. The number of nitrogens with one attached hydrogen (secondary N) is 2. The van der Waals surface area contributed by atoms with Crippen molar-refractivity contribution < 1.29 is 13.6 Å². The maximum absolute atomic E-state index is 13.9. The number of nitrogens with zero attached hydrogens (tertiary/aromatic N) is 3. The monoisotopic (exact) mass is 548 g/mol. The first kappa shape index (κ1) is 28.5. The molecule has 1 fully saturated rings. The molecule has 11 heteroatoms. The summed E-state index contributed by atoms with van der Waals surface area (Å²) in [5.74, 6) is -1.06. The second-order valence-corrected chi connectivity index (χ2v) is 9.60. The Balaban J connectivity index is 0.000000189. The van der Waals surface area contributed by atoms with E-state index >= 15 is 0 Å². The summed E-state index contributed by atoms with van der Waals surface area (Å²) in [6.07, 6.45) is 13.2. The van der Waals surface area contributed by atoms with E-state index in [0.29, 0.717) is 22.6 Å². The molecule has 1 unspecified atom stereocenters. The number of halogens is 2. The van der Waals surface area contributed by atoms with Gasteiger partial charge in [-0.3, -0.25) is 9.48 Å². The number of carbonyl (C=O) groups is 1. The lowest BCUT2D eigenvalue weighted by Gasteiger charge is -2.20. The molecule has 0 radical (unpaired) electrons. The number of hydrogen-bond acceptors (Lipinski definition) is 6. The lowest BCUT2D eigenvalue weighted by Crippen LogP contribution is -2.32. The molecule has 2 aromatic heterocycles. The Bertz CT molecular complexity index is 1510. The van der Waals surface area contributed by atoms with Crippen molar-refractivity contribution in [3.8, 4) is 0 Å². The second-order valence-electron chi connectivity index (χ2n) is 9.60. The number of hydrogen-bond donors (Lipinski definition) is 5. The van der Waals surface area contributed by atoms with Crippen molar-refractivity contribution in [3.63, 3.8) is 0 Å². The third kappa shape index (κ3) is 6.92. The molecule has 1 atom stereocenters. The number of carbonyl (C=O) groups excluding carboxylic acids is 1. The molecule has 6 rings (SSSR count). The van der Waals surface area contributed by atoms with Crippen molar-refractivity contribution in [2.75, 3.05) is 5.73 Å². The quantitative estimate of drug-likeness (QED) is 0.254. The first-order valence-electron chi connectivity index (χ1n) is 13.2. The molecule has 1 saturated carbocycles. The van der Waals surface area contributed by atoms with Crippen molar-refractivity contribution in [1.82, 2.24) is 20.1 Å². The summed E-state index contributed by atoms with van der Waals surface area (Å²) in [6.45, 7) is 0. The molecule has 0 spiro atoms. The number of aromatic nitrogens is 3. The van der Waals surface area contributed by atoms with Crippen LogP contribution in [0.5, 0.6) is 0 Å². The maximum Gasteiger partial charge on any atom is 0.254 e. The van der Waals surface area contributed by atoms with Crippen LogP contribution >= 0.6 is 0 Å². The van der Waals surface area contributed by atoms with E-state index in [1.807, 2.05) is 30.3 Å². The largest absolute Gasteiger partial charge is 0.383 e. The maximum atomic E-state index is 13.9. The van der Waals surface area contributed by atoms with Crippen LogP contribution in [0.15, 0.2) is 65.9 Å². The summed E-state index contributed by atoms with van der Waals surface area (Å²) in [5.41, 5.74) is 19.2. The Morgan fingerprint density at radius 2 is 1.70 bits per heavy atom. The van der Waals surface area contributed by atoms with Crippen LogP contribution in [0.2, 0.25) is 0 Å². The van der Waals surface area contributed by atoms with E-state index in [-0.39, 0.29) is 11.1 Å². The lowest BCUT2D eigenvalue weighted by molar-refractivity contribution is 0.100. The van der Waals surface area contributed by atoms with Gasteiger partial charge in [0, 0.05) is 36.0 Å². The van der Waals surface area contributed by atoms with Gasteiger partial charge >= 0.3 is 0 Å². The number of amidine groups is 1. The van der Waals surface area contributed by atoms with Gasteiger partial charge in [0.2, 0.25) is 0 Å². The smallest absolute Gasteiger partial charge is 0.254 e. The topological polar surface area (TPSA) is 153 Å². The van der Waals surface area contributed by atoms with Gasteiger partial charge in [-0.25, -0.2) is 13.8 Å². The molecule has 0 bridgehead atoms. The number of H-pyrrole nitrogens is 1. The Morgan fingerprint density at radius 3 is 2.25 bits per heavy atom. The van der Waals surface area contributed by atoms with Gasteiger partial charge in [-0.2, -0.15) is 5.10 Å². The van der Waals surface area contributed by atoms with Crippen LogP contribution in [0.4, 0.5) is 14.6 Å². The number of aliphatic imine (C=N–C) groups is 1. The highest BCUT2D eigenvalue weighted by molar-refractivity contribution is 6.13. The standard InChI is InChI=1S/C18H14F2N4.C6H12.C5H8N4O/c19-11-6-12-13(9-22-17(12)14(20)7-11)18-23-15(8-16(21)24-18)10-4-2-1-3-5-10;1-2-4-6-5-3-1;1-9-4(6)3(2-8-9)5(7)10/h1-9,16,22H,21H2,(H,23,24);1-6H2;2H,6H2,1H3,(H2,7,10). The van der Waals surface area contributed by atoms with Crippen LogP contribution in [0.1, 0.15) is 60.0 Å². The first-order chi connectivity index (χ1) is 19.2. The molecule has 9 nitrogen and oxygen atoms in total. The fourth-order valence-electron chi connectivity index (χ4n) is 4.53. The molecular formula is C29H34F2N8O. The number of aryl methyl sites for hydroxylation is 1. The third-order valence-corrected chi connectivity index (χ3v) is 6.66. The highest BCUT2D eigenvalue weighted by Gasteiger charge is 2.19. The van der Waals surface area contributed by atoms with Crippen molar-refractivity contribution >= 4 is 34.2 Å². The first-order valence-corrected chi connectivity index (χ1v) is 13.2. The average Bonchev–Trinajstić information content (AvgIpc) is 3.53. The molecule has 210 valence electrons. The minimum atomic E-state index is -0.643. The van der Waals surface area contributed by atoms with Crippen molar-refractivity contribution in [1.29, 1.82) is 0 Å². The number of amides is 1. The predicted molar refractivity (Wildman–Crippen MR) is 154 cm³/mol. The molecule has 0 saturated heterocycles. The van der Waals surface area contributed by atoms with Crippen LogP contribution in [-0.2, 0) is 7.05 Å². The van der Waals surface area contributed by atoms with E-state index in [9.17, 15) is 13.6 Å². The van der Waals surface area contributed by atoms with Gasteiger partial charge in [-0.1, -0.05) is 68.9 Å². The zero-order valence-corrected chi connectivity index (χ0v) is 22.3. The van der Waals surface area contributed by atoms with Gasteiger partial charge in [0.1, 0.15) is 35.0 Å². The number of rotatable bonds is 3. The Morgan fingerprint density at radius 1 is 1.05 bits per heavy atom. The van der Waals surface area contributed by atoms with E-state index in [1.165, 1.54) is 55.5 Å². The zero-order valence-electron chi connectivity index (χ0n) is 22.3. The molecule has 40 heavy (non-hydrogen) atoms. The van der Waals surface area contributed by atoms with Crippen LogP contribution in [0.25, 0.3) is 16.6 Å². The van der Waals surface area contributed by atoms with Crippen LogP contribution in [0, 0.1) is 11.6 Å². The fraction of sp³-hybridized carbons (Fsp3) is 0.276. The summed E-state index contributed by atoms with van der Waals surface area (Å²) in [4.78, 5) is 17.7. The number of aromatic amines is 1. The van der Waals surface area contributed by atoms with E-state index < -0.39 is 23.7 Å². The SMILES string of the molecule is C1CCCCC1.Cn1ncc(C(N)=O)c1N.NC1C=C(c2ccccc2)NC(c2c[nH]c3c(F)cc(F)cc23)=N1. The average molecular weight is 549 g/mol. The summed E-state index contributed by atoms with van der Waals surface area (Å²) in [6, 6.07) is 11.8. The van der Waals surface area contributed by atoms with Gasteiger partial charge in [-0.15, -0.1) is 0 Å². The van der Waals surface area contributed by atoms with Crippen molar-refractivity contribution in [2.45, 2.75) is 44.7 Å². The molecule has 3 heterocycles. The minimum Gasteiger partial charge on any atom is -0.383 e. The number of fused-ring (bicyclic) bond motifs is 1. The lowest BCUT2D eigenvalue weighted by atomic mass is 10.0. The minimum absolute atomic E-state index is 0.236. The normalized spacial score (nSPS) is 16.4. The molecular weight excluding hydrogens is 514 g/mol. The highest BCUT2D eigenvalue weighted by Crippen LogP contribution is 2.25. The summed E-state index contributed by atoms with van der Waals surface area (Å²) in [7, 11) is 1.64. The Kier molecular flexibility index (Phi) is 9.28. The van der Waals surface area contributed by atoms with Gasteiger partial charge in [0.05, 0.1) is 11.7 Å². The third-order valence-electron chi connectivity index (χ3n) is 6.66. The van der Waals surface area contributed by atoms with E-state index in [2.05, 4.69) is 20.4 Å². The van der Waals surface area contributed by atoms with Crippen LogP contribution in [0.3, 0.4) is 0 Å². The number of nitrogen functional groups attached to an aromatic ring is 1. The van der Waals surface area contributed by atoms with E-state index in [4.69, 9.17) is 17.2 Å².